The van der Waals surface area contributed by atoms with Crippen LogP contribution in [0.15, 0.2) is 22.8 Å². The van der Waals surface area contributed by atoms with Crippen LogP contribution >= 0.6 is 0 Å². The van der Waals surface area contributed by atoms with Crippen molar-refractivity contribution in [3.05, 3.63) is 24.2 Å². The number of rotatable bonds is 6. The van der Waals surface area contributed by atoms with Crippen molar-refractivity contribution in [2.75, 3.05) is 46.5 Å². The molecule has 1 atom stereocenters. The molecule has 27 heavy (non-hydrogen) atoms. The fraction of sp³-hybridized carbons (Fsp3) is 0.632. The van der Waals surface area contributed by atoms with Crippen molar-refractivity contribution in [2.24, 2.45) is 5.92 Å². The zero-order valence-corrected chi connectivity index (χ0v) is 15.6. The molecule has 0 aromatic carbocycles. The first-order chi connectivity index (χ1) is 13.1. The average molecular weight is 378 g/mol. The molecule has 8 heteroatoms. The normalized spacial score (nSPS) is 21.8. The molecule has 0 radical (unpaired) electrons. The molecule has 1 unspecified atom stereocenters. The molecule has 3 heterocycles. The maximum atomic E-state index is 12.7. The van der Waals surface area contributed by atoms with Gasteiger partial charge >= 0.3 is 5.97 Å². The number of ketones is 1. The Morgan fingerprint density at radius 1 is 1.22 bits per heavy atom. The Kier molecular flexibility index (Phi) is 6.63. The van der Waals surface area contributed by atoms with Gasteiger partial charge in [0.1, 0.15) is 0 Å². The standard InChI is InChI=1S/C19H26N2O6/c1-25-19(24)14-4-6-20(7-5-14)18(23)12-21-8-10-26-13-15(21)11-16(22)17-3-2-9-27-17/h2-3,9,14-15H,4-8,10-13H2,1H3. The quantitative estimate of drug-likeness (QED) is 0.538. The minimum atomic E-state index is -0.202. The Balaban J connectivity index is 1.52. The molecule has 0 saturated carbocycles. The molecular formula is C19H26N2O6. The maximum Gasteiger partial charge on any atom is 0.308 e. The number of amides is 1. The number of piperidine rings is 1. The fourth-order valence-electron chi connectivity index (χ4n) is 3.64. The second-order valence-electron chi connectivity index (χ2n) is 6.98. The highest BCUT2D eigenvalue weighted by Crippen LogP contribution is 2.20. The molecule has 1 aromatic heterocycles. The summed E-state index contributed by atoms with van der Waals surface area (Å²) in [6, 6.07) is 3.18. The topological polar surface area (TPSA) is 89.3 Å². The third-order valence-corrected chi connectivity index (χ3v) is 5.29. The third-order valence-electron chi connectivity index (χ3n) is 5.29. The smallest absolute Gasteiger partial charge is 0.308 e. The lowest BCUT2D eigenvalue weighted by Gasteiger charge is -2.37. The van der Waals surface area contributed by atoms with Gasteiger partial charge in [0, 0.05) is 32.1 Å². The van der Waals surface area contributed by atoms with Gasteiger partial charge in [0.2, 0.25) is 5.91 Å². The highest BCUT2D eigenvalue weighted by atomic mass is 16.5. The van der Waals surface area contributed by atoms with Gasteiger partial charge in [0.05, 0.1) is 39.0 Å². The number of esters is 1. The third kappa shape index (κ3) is 4.95. The summed E-state index contributed by atoms with van der Waals surface area (Å²) >= 11 is 0. The number of furan rings is 1. The summed E-state index contributed by atoms with van der Waals surface area (Å²) < 4.78 is 15.5. The predicted octanol–water partition coefficient (Wildman–Crippen LogP) is 0.965. The summed E-state index contributed by atoms with van der Waals surface area (Å²) in [5, 5.41) is 0. The minimum Gasteiger partial charge on any atom is -0.469 e. The number of hydrogen-bond donors (Lipinski definition) is 0. The van der Waals surface area contributed by atoms with Crippen LogP contribution in [-0.4, -0.2) is 80.0 Å². The SMILES string of the molecule is COC(=O)C1CCN(C(=O)CN2CCOCC2CC(=O)c2ccco2)CC1. The lowest BCUT2D eigenvalue weighted by molar-refractivity contribution is -0.149. The van der Waals surface area contributed by atoms with Crippen LogP contribution in [0.1, 0.15) is 29.8 Å². The lowest BCUT2D eigenvalue weighted by atomic mass is 9.97. The van der Waals surface area contributed by atoms with Crippen molar-refractivity contribution < 1.29 is 28.3 Å². The number of nitrogens with zero attached hydrogens (tertiary/aromatic N) is 2. The van der Waals surface area contributed by atoms with Gasteiger partial charge in [-0.25, -0.2) is 0 Å². The van der Waals surface area contributed by atoms with E-state index in [1.165, 1.54) is 13.4 Å². The summed E-state index contributed by atoms with van der Waals surface area (Å²) in [6.07, 6.45) is 2.99. The molecule has 8 nitrogen and oxygen atoms in total. The maximum absolute atomic E-state index is 12.7. The van der Waals surface area contributed by atoms with E-state index in [1.807, 2.05) is 4.90 Å². The van der Waals surface area contributed by atoms with Crippen LogP contribution in [0.5, 0.6) is 0 Å². The summed E-state index contributed by atoms with van der Waals surface area (Å²) in [4.78, 5) is 40.4. The summed E-state index contributed by atoms with van der Waals surface area (Å²) in [7, 11) is 1.39. The van der Waals surface area contributed by atoms with Gasteiger partial charge in [-0.05, 0) is 25.0 Å². The molecular weight excluding hydrogens is 352 g/mol. The molecule has 148 valence electrons. The second kappa shape index (κ2) is 9.14. The molecule has 2 fully saturated rings. The van der Waals surface area contributed by atoms with E-state index in [4.69, 9.17) is 13.9 Å². The van der Waals surface area contributed by atoms with Crippen molar-refractivity contribution in [1.29, 1.82) is 0 Å². The van der Waals surface area contributed by atoms with Crippen LogP contribution < -0.4 is 0 Å². The predicted molar refractivity (Wildman–Crippen MR) is 95.2 cm³/mol. The Bertz CT molecular complexity index is 651. The molecule has 2 saturated heterocycles. The molecule has 0 aliphatic carbocycles. The van der Waals surface area contributed by atoms with Crippen molar-refractivity contribution in [3.8, 4) is 0 Å². The van der Waals surface area contributed by atoms with Gasteiger partial charge in [-0.1, -0.05) is 0 Å². The van der Waals surface area contributed by atoms with Crippen LogP contribution in [0.3, 0.4) is 0 Å². The van der Waals surface area contributed by atoms with Crippen LogP contribution in [0.4, 0.5) is 0 Å². The number of methoxy groups -OCH3 is 1. The number of likely N-dealkylation sites (tertiary alicyclic amines) is 1. The molecule has 1 aromatic rings. The van der Waals surface area contributed by atoms with Gasteiger partial charge in [0.15, 0.2) is 11.5 Å². The zero-order chi connectivity index (χ0) is 19.2. The second-order valence-corrected chi connectivity index (χ2v) is 6.98. The Labute approximate surface area is 158 Å². The summed E-state index contributed by atoms with van der Waals surface area (Å²) in [5.41, 5.74) is 0. The monoisotopic (exact) mass is 378 g/mol. The zero-order valence-electron chi connectivity index (χ0n) is 15.6. The van der Waals surface area contributed by atoms with Gasteiger partial charge < -0.3 is 18.8 Å². The number of ether oxygens (including phenoxy) is 2. The molecule has 2 aliphatic rings. The van der Waals surface area contributed by atoms with E-state index < -0.39 is 0 Å². The highest BCUT2D eigenvalue weighted by molar-refractivity contribution is 5.93. The van der Waals surface area contributed by atoms with Crippen LogP contribution in [-0.2, 0) is 19.1 Å². The summed E-state index contributed by atoms with van der Waals surface area (Å²) in [6.45, 7) is 2.94. The Morgan fingerprint density at radius 2 is 2.00 bits per heavy atom. The van der Waals surface area contributed by atoms with Crippen molar-refractivity contribution in [2.45, 2.75) is 25.3 Å². The number of carbonyl (C=O) groups is 3. The van der Waals surface area contributed by atoms with Crippen LogP contribution in [0.2, 0.25) is 0 Å². The van der Waals surface area contributed by atoms with Crippen molar-refractivity contribution in [3.63, 3.8) is 0 Å². The van der Waals surface area contributed by atoms with Gasteiger partial charge in [-0.15, -0.1) is 0 Å². The first-order valence-corrected chi connectivity index (χ1v) is 9.32. The van der Waals surface area contributed by atoms with E-state index in [9.17, 15) is 14.4 Å². The molecule has 0 bridgehead atoms. The van der Waals surface area contributed by atoms with E-state index in [-0.39, 0.29) is 42.6 Å². The number of Topliss-reactive ketones (excluding diaryl/α,β-unsaturated/α-hetero) is 1. The Hall–Kier alpha value is -2.19. The van der Waals surface area contributed by atoms with E-state index >= 15 is 0 Å². The molecule has 2 aliphatic heterocycles. The average Bonchev–Trinajstić information content (AvgIpc) is 3.24. The Morgan fingerprint density at radius 3 is 2.67 bits per heavy atom. The van der Waals surface area contributed by atoms with Crippen molar-refractivity contribution >= 4 is 17.7 Å². The summed E-state index contributed by atoms with van der Waals surface area (Å²) in [5.74, 6) is -0.0629. The fourth-order valence-corrected chi connectivity index (χ4v) is 3.64. The highest BCUT2D eigenvalue weighted by Gasteiger charge is 2.32. The number of hydrogen-bond acceptors (Lipinski definition) is 7. The van der Waals surface area contributed by atoms with E-state index in [1.54, 1.807) is 17.0 Å². The van der Waals surface area contributed by atoms with Crippen LogP contribution in [0, 0.1) is 5.92 Å². The van der Waals surface area contributed by atoms with E-state index in [2.05, 4.69) is 0 Å². The van der Waals surface area contributed by atoms with Crippen molar-refractivity contribution in [1.82, 2.24) is 9.80 Å². The molecule has 3 rings (SSSR count). The number of morpholine rings is 1. The van der Waals surface area contributed by atoms with E-state index in [0.29, 0.717) is 51.4 Å². The van der Waals surface area contributed by atoms with Gasteiger partial charge in [-0.3, -0.25) is 19.3 Å². The largest absolute Gasteiger partial charge is 0.469 e. The minimum absolute atomic E-state index is 0.0238. The van der Waals surface area contributed by atoms with Crippen LogP contribution in [0.25, 0.3) is 0 Å². The lowest BCUT2D eigenvalue weighted by Crippen LogP contribution is -2.52. The molecule has 1 amide bonds. The number of carbonyl (C=O) groups excluding carboxylic acids is 3. The van der Waals surface area contributed by atoms with E-state index in [0.717, 1.165) is 0 Å². The molecule has 0 spiro atoms. The molecule has 0 N–H and O–H groups in total. The van der Waals surface area contributed by atoms with Gasteiger partial charge in [-0.2, -0.15) is 0 Å². The van der Waals surface area contributed by atoms with Gasteiger partial charge in [0.25, 0.3) is 0 Å². The first-order valence-electron chi connectivity index (χ1n) is 9.32. The first kappa shape index (κ1) is 19.6.